The number of hydrogen-bond donors (Lipinski definition) is 2. The topological polar surface area (TPSA) is 68.3 Å². The number of furan rings is 1. The van der Waals surface area contributed by atoms with Crippen molar-refractivity contribution in [3.63, 3.8) is 0 Å². The molecular weight excluding hydrogens is 216 g/mol. The minimum absolute atomic E-state index is 0.119. The highest BCUT2D eigenvalue weighted by molar-refractivity contribution is 5.86. The fourth-order valence-electron chi connectivity index (χ4n) is 2.62. The molecule has 0 spiro atoms. The van der Waals surface area contributed by atoms with Gasteiger partial charge in [0.05, 0.1) is 17.7 Å². The second kappa shape index (κ2) is 3.88. The van der Waals surface area contributed by atoms with Gasteiger partial charge in [0.15, 0.2) is 0 Å². The lowest BCUT2D eigenvalue weighted by molar-refractivity contribution is -0.126. The maximum atomic E-state index is 12.1. The molecule has 1 amide bonds. The van der Waals surface area contributed by atoms with Gasteiger partial charge in [-0.15, -0.1) is 0 Å². The van der Waals surface area contributed by atoms with Crippen molar-refractivity contribution in [1.82, 2.24) is 5.32 Å². The second-order valence-electron chi connectivity index (χ2n) is 5.20. The van der Waals surface area contributed by atoms with Gasteiger partial charge in [0.25, 0.3) is 0 Å². The van der Waals surface area contributed by atoms with Crippen LogP contribution in [-0.2, 0) is 11.2 Å². The van der Waals surface area contributed by atoms with Gasteiger partial charge in [-0.05, 0) is 31.7 Å². The molecule has 1 heterocycles. The summed E-state index contributed by atoms with van der Waals surface area (Å²) in [5.41, 5.74) is 6.56. The molecule has 0 aromatic carbocycles. The molecule has 4 heteroatoms. The van der Waals surface area contributed by atoms with E-state index in [1.54, 1.807) is 6.26 Å². The van der Waals surface area contributed by atoms with E-state index in [-0.39, 0.29) is 17.4 Å². The summed E-state index contributed by atoms with van der Waals surface area (Å²) in [5, 5.41) is 3.14. The monoisotopic (exact) mass is 234 g/mol. The molecule has 1 aromatic rings. The Morgan fingerprint density at radius 1 is 1.59 bits per heavy atom. The Labute approximate surface area is 101 Å². The summed E-state index contributed by atoms with van der Waals surface area (Å²) in [7, 11) is 0. The van der Waals surface area contributed by atoms with Crippen LogP contribution < -0.4 is 11.1 Å². The van der Waals surface area contributed by atoms with Crippen LogP contribution in [0, 0.1) is 5.41 Å². The second-order valence-corrected chi connectivity index (χ2v) is 5.20. The van der Waals surface area contributed by atoms with Crippen LogP contribution in [0.1, 0.15) is 43.0 Å². The van der Waals surface area contributed by atoms with Crippen LogP contribution in [0.25, 0.3) is 0 Å². The van der Waals surface area contributed by atoms with Gasteiger partial charge < -0.3 is 15.5 Å². The van der Waals surface area contributed by atoms with Crippen LogP contribution in [-0.4, -0.2) is 12.5 Å². The molecule has 1 fully saturated rings. The van der Waals surface area contributed by atoms with Crippen molar-refractivity contribution in [3.8, 4) is 0 Å². The van der Waals surface area contributed by atoms with Crippen molar-refractivity contribution >= 4 is 5.91 Å². The number of nitrogens with two attached hydrogens (primary N) is 1. The summed E-state index contributed by atoms with van der Waals surface area (Å²) in [6.07, 6.45) is 6.63. The maximum absolute atomic E-state index is 12.1. The summed E-state index contributed by atoms with van der Waals surface area (Å²) in [5.74, 6) is 1.15. The molecule has 1 saturated carbocycles. The first-order valence-electron chi connectivity index (χ1n) is 6.32. The van der Waals surface area contributed by atoms with E-state index in [1.165, 1.54) is 0 Å². The van der Waals surface area contributed by atoms with E-state index in [0.717, 1.165) is 43.4 Å². The molecule has 2 aliphatic carbocycles. The number of carbonyl (C=O) groups is 1. The number of nitrogens with one attached hydrogen (secondary N) is 1. The Balaban J connectivity index is 1.73. The Morgan fingerprint density at radius 2 is 2.41 bits per heavy atom. The molecule has 3 N–H and O–H groups in total. The minimum atomic E-state index is -0.263. The van der Waals surface area contributed by atoms with Crippen molar-refractivity contribution in [2.75, 3.05) is 6.54 Å². The molecule has 0 radical (unpaired) electrons. The Kier molecular flexibility index (Phi) is 2.47. The van der Waals surface area contributed by atoms with E-state index in [2.05, 4.69) is 5.32 Å². The molecule has 3 rings (SSSR count). The van der Waals surface area contributed by atoms with E-state index in [1.807, 2.05) is 6.07 Å². The Bertz CT molecular complexity index is 434. The standard InChI is InChI=1S/C13H18N2O2/c14-8-13(5-6-13)12(16)15-10-2-1-3-11-9(10)4-7-17-11/h4,7,10H,1-3,5-6,8,14H2,(H,15,16). The Morgan fingerprint density at radius 3 is 3.12 bits per heavy atom. The smallest absolute Gasteiger partial charge is 0.227 e. The zero-order chi connectivity index (χ0) is 11.9. The highest BCUT2D eigenvalue weighted by Crippen LogP contribution is 2.45. The lowest BCUT2D eigenvalue weighted by atomic mass is 9.92. The normalized spacial score (nSPS) is 25.1. The van der Waals surface area contributed by atoms with Crippen LogP contribution in [0.3, 0.4) is 0 Å². The van der Waals surface area contributed by atoms with E-state index in [4.69, 9.17) is 10.2 Å². The molecule has 0 bridgehead atoms. The molecule has 0 saturated heterocycles. The number of carbonyl (C=O) groups excluding carboxylic acids is 1. The van der Waals surface area contributed by atoms with Gasteiger partial charge in [-0.2, -0.15) is 0 Å². The molecule has 2 aliphatic rings. The van der Waals surface area contributed by atoms with Gasteiger partial charge in [0, 0.05) is 18.5 Å². The van der Waals surface area contributed by atoms with Gasteiger partial charge in [-0.1, -0.05) is 0 Å². The van der Waals surface area contributed by atoms with Crippen LogP contribution in [0.2, 0.25) is 0 Å². The van der Waals surface area contributed by atoms with E-state index >= 15 is 0 Å². The average Bonchev–Trinajstić information content (AvgIpc) is 3.00. The molecule has 17 heavy (non-hydrogen) atoms. The molecule has 92 valence electrons. The molecule has 4 nitrogen and oxygen atoms in total. The van der Waals surface area contributed by atoms with Crippen molar-refractivity contribution in [3.05, 3.63) is 23.7 Å². The number of amides is 1. The molecule has 1 atom stereocenters. The van der Waals surface area contributed by atoms with Crippen molar-refractivity contribution < 1.29 is 9.21 Å². The van der Waals surface area contributed by atoms with Gasteiger partial charge >= 0.3 is 0 Å². The number of aryl methyl sites for hydroxylation is 1. The molecule has 1 unspecified atom stereocenters. The predicted octanol–water partition coefficient (Wildman–Crippen LogP) is 1.51. The van der Waals surface area contributed by atoms with Crippen molar-refractivity contribution in [2.45, 2.75) is 38.1 Å². The van der Waals surface area contributed by atoms with Crippen LogP contribution in [0.4, 0.5) is 0 Å². The van der Waals surface area contributed by atoms with Crippen LogP contribution >= 0.6 is 0 Å². The largest absolute Gasteiger partial charge is 0.469 e. The third-order valence-electron chi connectivity index (χ3n) is 4.08. The third-order valence-corrected chi connectivity index (χ3v) is 4.08. The number of hydrogen-bond acceptors (Lipinski definition) is 3. The first kappa shape index (κ1) is 10.8. The molecule has 0 aliphatic heterocycles. The maximum Gasteiger partial charge on any atom is 0.227 e. The summed E-state index contributed by atoms with van der Waals surface area (Å²) in [6.45, 7) is 0.462. The first-order chi connectivity index (χ1) is 8.25. The fraction of sp³-hybridized carbons (Fsp3) is 0.615. The van der Waals surface area contributed by atoms with E-state index < -0.39 is 0 Å². The van der Waals surface area contributed by atoms with Gasteiger partial charge in [-0.3, -0.25) is 4.79 Å². The first-order valence-corrected chi connectivity index (χ1v) is 6.32. The highest BCUT2D eigenvalue weighted by atomic mass is 16.3. The van der Waals surface area contributed by atoms with E-state index in [0.29, 0.717) is 6.54 Å². The number of rotatable bonds is 3. The van der Waals surface area contributed by atoms with Gasteiger partial charge in [-0.25, -0.2) is 0 Å². The fourth-order valence-corrected chi connectivity index (χ4v) is 2.62. The lowest BCUT2D eigenvalue weighted by Crippen LogP contribution is -2.39. The van der Waals surface area contributed by atoms with Gasteiger partial charge in [0.1, 0.15) is 5.76 Å². The predicted molar refractivity (Wildman–Crippen MR) is 63.3 cm³/mol. The average molecular weight is 234 g/mol. The minimum Gasteiger partial charge on any atom is -0.469 e. The number of fused-ring (bicyclic) bond motifs is 1. The summed E-state index contributed by atoms with van der Waals surface area (Å²) in [4.78, 5) is 12.1. The van der Waals surface area contributed by atoms with Crippen molar-refractivity contribution in [1.29, 1.82) is 0 Å². The highest BCUT2D eigenvalue weighted by Gasteiger charge is 2.49. The van der Waals surface area contributed by atoms with Gasteiger partial charge in [0.2, 0.25) is 5.91 Å². The summed E-state index contributed by atoms with van der Waals surface area (Å²) in [6, 6.07) is 2.09. The van der Waals surface area contributed by atoms with Crippen LogP contribution in [0.5, 0.6) is 0 Å². The quantitative estimate of drug-likeness (QED) is 0.833. The lowest BCUT2D eigenvalue weighted by Gasteiger charge is -2.25. The zero-order valence-electron chi connectivity index (χ0n) is 9.87. The van der Waals surface area contributed by atoms with Crippen LogP contribution in [0.15, 0.2) is 16.7 Å². The SMILES string of the molecule is NCC1(C(=O)NC2CCCc3occc32)CC1. The molecular formula is C13H18N2O2. The third kappa shape index (κ3) is 1.76. The zero-order valence-corrected chi connectivity index (χ0v) is 9.87. The van der Waals surface area contributed by atoms with E-state index in [9.17, 15) is 4.79 Å². The summed E-state index contributed by atoms with van der Waals surface area (Å²) < 4.78 is 5.42. The van der Waals surface area contributed by atoms with Crippen molar-refractivity contribution in [2.24, 2.45) is 11.1 Å². The Hall–Kier alpha value is -1.29. The summed E-state index contributed by atoms with van der Waals surface area (Å²) >= 11 is 0. The molecule has 1 aromatic heterocycles.